The van der Waals surface area contributed by atoms with E-state index < -0.39 is 7.92 Å². The van der Waals surface area contributed by atoms with Crippen LogP contribution in [-0.4, -0.2) is 5.66 Å². The molecule has 1 aromatic heterocycles. The summed E-state index contributed by atoms with van der Waals surface area (Å²) in [5.74, 6) is 0. The average molecular weight is 850 g/mol. The quantitative estimate of drug-likeness (QED) is 0.0611. The molecule has 0 fully saturated rings. The van der Waals surface area contributed by atoms with Crippen molar-refractivity contribution < 1.29 is 17.1 Å². The van der Waals surface area contributed by atoms with Crippen LogP contribution in [0.3, 0.4) is 0 Å². The summed E-state index contributed by atoms with van der Waals surface area (Å²) < 4.78 is 0.672. The zero-order chi connectivity index (χ0) is 41.0. The first-order valence-corrected chi connectivity index (χ1v) is 22.0. The number of aryl methyl sites for hydroxylation is 2. The first-order chi connectivity index (χ1) is 28.7. The molecule has 0 amide bonds. The number of benzene rings is 8. The molecule has 60 heavy (non-hydrogen) atoms. The Morgan fingerprint density at radius 3 is 1.03 bits per heavy atom. The van der Waals surface area contributed by atoms with Crippen molar-refractivity contribution in [2.24, 2.45) is 0 Å². The fraction of sp³-hybridized carbons (Fsp3) is 0.0909. The molecule has 9 rings (SSSR count). The van der Waals surface area contributed by atoms with Gasteiger partial charge in [0.1, 0.15) is 22.7 Å². The Kier molecular flexibility index (Phi) is 13.0. The molecule has 0 atom stereocenters. The van der Waals surface area contributed by atoms with Gasteiger partial charge in [-0.05, 0) is 110 Å². The van der Waals surface area contributed by atoms with Crippen LogP contribution in [0.1, 0.15) is 25.0 Å². The van der Waals surface area contributed by atoms with Gasteiger partial charge in [0.05, 0.1) is 13.6 Å². The summed E-state index contributed by atoms with van der Waals surface area (Å²) in [5, 5.41) is 5.23. The summed E-state index contributed by atoms with van der Waals surface area (Å²) in [7, 11) is 8.66. The smallest absolute Gasteiger partial charge is 0.159 e. The molecule has 9 aromatic rings. The van der Waals surface area contributed by atoms with Gasteiger partial charge in [0.2, 0.25) is 0 Å². The number of rotatable bonds is 9. The minimum absolute atomic E-state index is 0. The first-order valence-electron chi connectivity index (χ1n) is 20.4. The molecule has 0 bridgehead atoms. The topological polar surface area (TPSA) is 14.1 Å². The predicted molar refractivity (Wildman–Crippen MR) is 259 cm³/mol. The Hall–Kier alpha value is -5.57. The van der Waals surface area contributed by atoms with E-state index in [1.54, 1.807) is 0 Å². The van der Waals surface area contributed by atoms with Crippen molar-refractivity contribution in [1.29, 1.82) is 0 Å². The van der Waals surface area contributed by atoms with Crippen molar-refractivity contribution in [3.8, 4) is 0 Å². The zero-order valence-corrected chi connectivity index (χ0v) is 36.7. The fourth-order valence-electron chi connectivity index (χ4n) is 8.45. The summed E-state index contributed by atoms with van der Waals surface area (Å²) in [5.41, 5.74) is 12.0. The summed E-state index contributed by atoms with van der Waals surface area (Å²) in [6, 6.07) is 73.4. The maximum absolute atomic E-state index is 5.04. The molecule has 0 unspecified atom stereocenters. The second-order valence-electron chi connectivity index (χ2n) is 15.7. The maximum Gasteiger partial charge on any atom is 0.159 e. The van der Waals surface area contributed by atoms with Gasteiger partial charge in [-0.1, -0.05) is 133 Å². The number of para-hydroxylation sites is 6. The van der Waals surface area contributed by atoms with Crippen molar-refractivity contribution in [2.45, 2.75) is 33.4 Å². The maximum atomic E-state index is 5.04. The van der Waals surface area contributed by atoms with Gasteiger partial charge in [-0.15, -0.1) is 25.1 Å². The molecule has 0 N–H and O–H groups in total. The van der Waals surface area contributed by atoms with Crippen LogP contribution in [-0.2, 0) is 17.1 Å². The standard InChI is InChI=1S/C43H43N2P.C12H8N.Cu/c1-33(2)46(42-29-27-34(3)31-40(42)44(5,36-19-11-7-12-20-36)37-21-13-8-14-22-37)43-30-28-35(4)32-41(43)45(6,38-23-15-9-16-24-38)39-25-17-10-18-26-39;1-3-7-11-9(5-1)10-6-2-4-8-12(10)13-11;/h7-33H,5-6H2,1-4H3;1-8H;/q;-1;/p+1. The first kappa shape index (κ1) is 42.5. The predicted octanol–water partition coefficient (Wildman–Crippen LogP) is 14.3. The van der Waals surface area contributed by atoms with E-state index in [2.05, 4.69) is 227 Å². The number of nitrogens with zero attached hydrogens (tertiary/aromatic N) is 3. The summed E-state index contributed by atoms with van der Waals surface area (Å²) in [4.78, 5) is 4.52. The molecule has 0 saturated carbocycles. The van der Waals surface area contributed by atoms with Crippen molar-refractivity contribution in [1.82, 2.24) is 14.0 Å². The van der Waals surface area contributed by atoms with Crippen LogP contribution >= 0.6 is 7.92 Å². The molecule has 1 heterocycles. The molecule has 0 saturated heterocycles. The van der Waals surface area contributed by atoms with Gasteiger partial charge in [0.15, 0.2) is 22.0 Å². The number of hydrogen-bond donors (Lipinski definition) is 0. The number of hydrogen-bond acceptors (Lipinski definition) is 0. The van der Waals surface area contributed by atoms with Crippen LogP contribution in [0, 0.1) is 27.9 Å². The van der Waals surface area contributed by atoms with Crippen LogP contribution in [0.4, 0.5) is 34.1 Å². The Morgan fingerprint density at radius 2 is 0.717 bits per heavy atom. The van der Waals surface area contributed by atoms with Crippen LogP contribution in [0.2, 0.25) is 0 Å². The summed E-state index contributed by atoms with van der Waals surface area (Å²) >= 11 is 0. The summed E-state index contributed by atoms with van der Waals surface area (Å²) in [6.07, 6.45) is 0. The molecular weight excluding hydrogens is 797 g/mol. The molecule has 0 aliphatic rings. The molecule has 1 radical (unpaired) electrons. The van der Waals surface area contributed by atoms with E-state index in [1.807, 2.05) is 12.1 Å². The van der Waals surface area contributed by atoms with Gasteiger partial charge in [-0.2, -0.15) is 0 Å². The van der Waals surface area contributed by atoms with Gasteiger partial charge in [-0.25, -0.2) is 0 Å². The largest absolute Gasteiger partial charge is 0.657 e. The third-order valence-corrected chi connectivity index (χ3v) is 14.6. The SMILES string of the molecule is [CH2-][N+](c1ccccc1)(c1ccccc1)c1cc(C)ccc1[PH+](c1ccc(C)cc1[N+]([CH2-])(c1ccccc1)c1ccccc1)C(C)C.[Cu].c1ccc2c(c1)[n-]c1ccccc12. The zero-order valence-electron chi connectivity index (χ0n) is 34.8. The van der Waals surface area contributed by atoms with Crippen molar-refractivity contribution in [2.75, 3.05) is 0 Å². The van der Waals surface area contributed by atoms with Crippen LogP contribution in [0.25, 0.3) is 21.8 Å². The molecule has 0 spiro atoms. The fourth-order valence-corrected chi connectivity index (χ4v) is 11.6. The number of aromatic nitrogens is 1. The molecular formula is C55H52CuN3P. The van der Waals surface area contributed by atoms with Crippen molar-refractivity contribution >= 4 is 74.5 Å². The van der Waals surface area contributed by atoms with E-state index in [0.717, 1.165) is 33.8 Å². The van der Waals surface area contributed by atoms with Gasteiger partial charge in [0, 0.05) is 29.2 Å². The molecule has 3 nitrogen and oxygen atoms in total. The van der Waals surface area contributed by atoms with E-state index in [0.29, 0.717) is 14.6 Å². The molecule has 0 aliphatic carbocycles. The van der Waals surface area contributed by atoms with E-state index in [9.17, 15) is 0 Å². The summed E-state index contributed by atoms with van der Waals surface area (Å²) in [6.45, 7) is 9.14. The average Bonchev–Trinajstić information content (AvgIpc) is 3.67. The minimum Gasteiger partial charge on any atom is -0.657 e. The van der Waals surface area contributed by atoms with E-state index in [-0.39, 0.29) is 17.1 Å². The minimum atomic E-state index is -1.41. The Labute approximate surface area is 368 Å². The number of quaternary nitrogens is 2. The van der Waals surface area contributed by atoms with E-state index in [1.165, 1.54) is 43.9 Å². The Morgan fingerprint density at radius 1 is 0.417 bits per heavy atom. The van der Waals surface area contributed by atoms with E-state index >= 15 is 0 Å². The Bertz CT molecular complexity index is 2530. The normalized spacial score (nSPS) is 11.7. The monoisotopic (exact) mass is 848 g/mol. The molecule has 0 aliphatic heterocycles. The van der Waals surface area contributed by atoms with E-state index in [4.69, 9.17) is 14.1 Å². The third-order valence-electron chi connectivity index (χ3n) is 11.4. The number of fused-ring (bicyclic) bond motifs is 3. The second kappa shape index (κ2) is 18.4. The van der Waals surface area contributed by atoms with Crippen LogP contribution < -0.4 is 24.6 Å². The molecule has 8 aromatic carbocycles. The Balaban J connectivity index is 0.000000327. The van der Waals surface area contributed by atoms with Gasteiger partial charge in [0.25, 0.3) is 0 Å². The third kappa shape index (κ3) is 8.15. The molecule has 5 heteroatoms. The van der Waals surface area contributed by atoms with Gasteiger partial charge >= 0.3 is 0 Å². The van der Waals surface area contributed by atoms with Crippen LogP contribution in [0.15, 0.2) is 206 Å². The molecule has 303 valence electrons. The van der Waals surface area contributed by atoms with Crippen molar-refractivity contribution in [3.63, 3.8) is 0 Å². The van der Waals surface area contributed by atoms with Crippen molar-refractivity contribution in [3.05, 3.63) is 231 Å². The van der Waals surface area contributed by atoms with Gasteiger partial charge < -0.3 is 14.0 Å². The van der Waals surface area contributed by atoms with Gasteiger partial charge in [-0.3, -0.25) is 0 Å². The second-order valence-corrected chi connectivity index (χ2v) is 18.8. The van der Waals surface area contributed by atoms with Crippen LogP contribution in [0.5, 0.6) is 0 Å².